The summed E-state index contributed by atoms with van der Waals surface area (Å²) < 4.78 is 11.2. The summed E-state index contributed by atoms with van der Waals surface area (Å²) in [5.74, 6) is 0. The molecule has 8 heavy (non-hydrogen) atoms. The van der Waals surface area contributed by atoms with E-state index in [0.717, 1.165) is 0 Å². The molecule has 0 spiro atoms. The first-order chi connectivity index (χ1) is 3.91. The highest BCUT2D eigenvalue weighted by Crippen LogP contribution is 1.73. The van der Waals surface area contributed by atoms with Crippen molar-refractivity contribution < 1.29 is 4.39 Å². The first-order valence-electron chi connectivity index (χ1n) is 2.27. The second-order valence-electron chi connectivity index (χ2n) is 1.06. The molecule has 0 aliphatic rings. The quantitative estimate of drug-likeness (QED) is 0.390. The van der Waals surface area contributed by atoms with Crippen molar-refractivity contribution in [1.82, 2.24) is 0 Å². The Morgan fingerprint density at radius 1 is 1.62 bits per heavy atom. The molecule has 0 amide bonds. The Hall–Kier alpha value is -0.920. The number of hydrogen-bond acceptors (Lipinski definition) is 1. The van der Waals surface area contributed by atoms with E-state index in [0.29, 0.717) is 0 Å². The van der Waals surface area contributed by atoms with Crippen molar-refractivity contribution >= 4 is 6.21 Å². The minimum absolute atomic E-state index is 0.512. The third kappa shape index (κ3) is 5.08. The van der Waals surface area contributed by atoms with E-state index in [9.17, 15) is 4.39 Å². The maximum Gasteiger partial charge on any atom is 0.125 e. The summed E-state index contributed by atoms with van der Waals surface area (Å²) in [6, 6.07) is 0. The fourth-order valence-corrected chi connectivity index (χ4v) is 0.211. The molecule has 0 aliphatic carbocycles. The highest BCUT2D eigenvalue weighted by Gasteiger charge is 1.62. The first kappa shape index (κ1) is 7.08. The Morgan fingerprint density at radius 3 is 2.88 bits per heavy atom. The predicted octanol–water partition coefficient (Wildman–Crippen LogP) is 1.73. The van der Waals surface area contributed by atoms with Crippen LogP contribution in [-0.2, 0) is 0 Å². The Morgan fingerprint density at radius 2 is 2.38 bits per heavy atom. The zero-order valence-electron chi connectivity index (χ0n) is 4.55. The van der Waals surface area contributed by atoms with Crippen molar-refractivity contribution in [2.45, 2.75) is 0 Å². The summed E-state index contributed by atoms with van der Waals surface area (Å²) in [4.78, 5) is 3.53. The highest BCUT2D eigenvalue weighted by atomic mass is 19.1. The summed E-state index contributed by atoms with van der Waals surface area (Å²) in [6.07, 6.45) is 5.87. The predicted molar refractivity (Wildman–Crippen MR) is 33.8 cm³/mol. The summed E-state index contributed by atoms with van der Waals surface area (Å²) in [5.41, 5.74) is 0. The molecule has 44 valence electrons. The van der Waals surface area contributed by atoms with Gasteiger partial charge in [0.2, 0.25) is 0 Å². The van der Waals surface area contributed by atoms with E-state index in [-0.39, 0.29) is 0 Å². The average molecular weight is 113 g/mol. The molecule has 0 N–H and O–H groups in total. The van der Waals surface area contributed by atoms with Gasteiger partial charge >= 0.3 is 0 Å². The third-order valence-electron chi connectivity index (χ3n) is 0.483. The van der Waals surface area contributed by atoms with Crippen LogP contribution in [0.4, 0.5) is 4.39 Å². The van der Waals surface area contributed by atoms with Crippen molar-refractivity contribution in [3.05, 3.63) is 24.9 Å². The molecule has 0 unspecified atom stereocenters. The SMILES string of the molecule is C=C/C=C\N=C/CF. The van der Waals surface area contributed by atoms with Gasteiger partial charge in [-0.25, -0.2) is 4.39 Å². The van der Waals surface area contributed by atoms with Gasteiger partial charge in [0.1, 0.15) is 6.67 Å². The van der Waals surface area contributed by atoms with E-state index < -0.39 is 6.67 Å². The Labute approximate surface area is 48.2 Å². The van der Waals surface area contributed by atoms with Gasteiger partial charge in [0, 0.05) is 12.4 Å². The van der Waals surface area contributed by atoms with E-state index in [1.165, 1.54) is 12.4 Å². The van der Waals surface area contributed by atoms with Gasteiger partial charge in [-0.15, -0.1) is 0 Å². The zero-order valence-corrected chi connectivity index (χ0v) is 4.55. The number of allylic oxidation sites excluding steroid dienone is 2. The lowest BCUT2D eigenvalue weighted by atomic mass is 10.6. The Kier molecular flexibility index (Phi) is 5.38. The molecule has 0 heterocycles. The zero-order chi connectivity index (χ0) is 6.24. The molecule has 0 rings (SSSR count). The van der Waals surface area contributed by atoms with Crippen LogP contribution in [0.3, 0.4) is 0 Å². The number of hydrogen-bond donors (Lipinski definition) is 0. The minimum atomic E-state index is -0.512. The van der Waals surface area contributed by atoms with Crippen LogP contribution in [0.5, 0.6) is 0 Å². The van der Waals surface area contributed by atoms with Crippen LogP contribution in [0.25, 0.3) is 0 Å². The third-order valence-corrected chi connectivity index (χ3v) is 0.483. The van der Waals surface area contributed by atoms with Gasteiger partial charge in [-0.05, 0) is 6.08 Å². The molecule has 0 aromatic carbocycles. The average Bonchev–Trinajstić information content (AvgIpc) is 1.81. The van der Waals surface area contributed by atoms with Crippen LogP contribution in [0.2, 0.25) is 0 Å². The number of rotatable bonds is 3. The van der Waals surface area contributed by atoms with E-state index in [1.54, 1.807) is 12.2 Å². The van der Waals surface area contributed by atoms with Crippen LogP contribution in [0.1, 0.15) is 0 Å². The van der Waals surface area contributed by atoms with Gasteiger partial charge < -0.3 is 0 Å². The fourth-order valence-electron chi connectivity index (χ4n) is 0.211. The van der Waals surface area contributed by atoms with Crippen LogP contribution >= 0.6 is 0 Å². The molecule has 0 radical (unpaired) electrons. The van der Waals surface area contributed by atoms with E-state index >= 15 is 0 Å². The molecule has 2 heteroatoms. The number of aliphatic imine (C=N–C) groups is 1. The van der Waals surface area contributed by atoms with Crippen molar-refractivity contribution in [2.75, 3.05) is 6.67 Å². The van der Waals surface area contributed by atoms with Crippen molar-refractivity contribution in [3.8, 4) is 0 Å². The summed E-state index contributed by atoms with van der Waals surface area (Å²) in [7, 11) is 0. The Bertz CT molecular complexity index is 105. The van der Waals surface area contributed by atoms with Gasteiger partial charge in [0.15, 0.2) is 0 Å². The number of alkyl halides is 1. The molecule has 0 aromatic heterocycles. The monoisotopic (exact) mass is 113 g/mol. The van der Waals surface area contributed by atoms with Crippen molar-refractivity contribution in [3.63, 3.8) is 0 Å². The van der Waals surface area contributed by atoms with Crippen molar-refractivity contribution in [1.29, 1.82) is 0 Å². The number of nitrogens with zero attached hydrogens (tertiary/aromatic N) is 1. The minimum Gasteiger partial charge on any atom is -0.266 e. The molecule has 1 nitrogen and oxygen atoms in total. The normalized spacial score (nSPS) is 11.1. The van der Waals surface area contributed by atoms with Gasteiger partial charge in [-0.3, -0.25) is 4.99 Å². The number of halogens is 1. The molecule has 0 aromatic rings. The highest BCUT2D eigenvalue weighted by molar-refractivity contribution is 5.59. The summed E-state index contributed by atoms with van der Waals surface area (Å²) >= 11 is 0. The van der Waals surface area contributed by atoms with Gasteiger partial charge in [-0.2, -0.15) is 0 Å². The largest absolute Gasteiger partial charge is 0.266 e. The lowest BCUT2D eigenvalue weighted by molar-refractivity contribution is 0.587. The topological polar surface area (TPSA) is 12.4 Å². The summed E-state index contributed by atoms with van der Waals surface area (Å²) in [6.45, 7) is 2.89. The van der Waals surface area contributed by atoms with Crippen LogP contribution in [-0.4, -0.2) is 12.9 Å². The van der Waals surface area contributed by atoms with Crippen LogP contribution in [0.15, 0.2) is 29.9 Å². The van der Waals surface area contributed by atoms with E-state index in [1.807, 2.05) is 0 Å². The van der Waals surface area contributed by atoms with Gasteiger partial charge in [0.25, 0.3) is 0 Å². The van der Waals surface area contributed by atoms with Gasteiger partial charge in [0.05, 0.1) is 0 Å². The lowest BCUT2D eigenvalue weighted by Crippen LogP contribution is -1.69. The standard InChI is InChI=1S/C6H8FN/c1-2-3-5-8-6-4-7/h2-3,5-6H,1,4H2/b5-3-,8-6-. The molecular weight excluding hydrogens is 105 g/mol. The smallest absolute Gasteiger partial charge is 0.125 e. The summed E-state index contributed by atoms with van der Waals surface area (Å²) in [5, 5.41) is 0. The maximum absolute atomic E-state index is 11.2. The Balaban J connectivity index is 3.26. The van der Waals surface area contributed by atoms with Crippen molar-refractivity contribution in [2.24, 2.45) is 4.99 Å². The van der Waals surface area contributed by atoms with Crippen LogP contribution < -0.4 is 0 Å². The molecule has 0 fully saturated rings. The molecular formula is C6H8FN. The second kappa shape index (κ2) is 6.08. The second-order valence-corrected chi connectivity index (χ2v) is 1.06. The fraction of sp³-hybridized carbons (Fsp3) is 0.167. The first-order valence-corrected chi connectivity index (χ1v) is 2.27. The molecule has 0 saturated heterocycles. The lowest BCUT2D eigenvalue weighted by Gasteiger charge is -1.70. The molecule has 0 bridgehead atoms. The van der Waals surface area contributed by atoms with E-state index in [2.05, 4.69) is 11.6 Å². The molecule has 0 aliphatic heterocycles. The molecule has 0 atom stereocenters. The van der Waals surface area contributed by atoms with E-state index in [4.69, 9.17) is 0 Å². The van der Waals surface area contributed by atoms with Gasteiger partial charge in [-0.1, -0.05) is 12.7 Å². The van der Waals surface area contributed by atoms with Crippen LogP contribution in [0, 0.1) is 0 Å². The maximum atomic E-state index is 11.2. The molecule has 0 saturated carbocycles.